The summed E-state index contributed by atoms with van der Waals surface area (Å²) in [5.74, 6) is 3.54. The molecule has 2 spiro atoms. The zero-order valence-corrected chi connectivity index (χ0v) is 43.0. The van der Waals surface area contributed by atoms with Crippen LogP contribution in [0.3, 0.4) is 0 Å². The van der Waals surface area contributed by atoms with Gasteiger partial charge in [-0.2, -0.15) is 0 Å². The van der Waals surface area contributed by atoms with E-state index in [-0.39, 0.29) is 0 Å². The van der Waals surface area contributed by atoms with E-state index in [0.29, 0.717) is 0 Å². The first-order valence-electron chi connectivity index (χ1n) is 26.8. The maximum absolute atomic E-state index is 6.76. The summed E-state index contributed by atoms with van der Waals surface area (Å²) in [4.78, 5) is 2.49. The van der Waals surface area contributed by atoms with Crippen LogP contribution in [0, 0.1) is 0 Å². The Labute approximate surface area is 456 Å². The van der Waals surface area contributed by atoms with Gasteiger partial charge in [0.25, 0.3) is 0 Å². The van der Waals surface area contributed by atoms with Crippen molar-refractivity contribution in [2.75, 3.05) is 4.90 Å². The summed E-state index contributed by atoms with van der Waals surface area (Å²) < 4.78 is 16.1. The summed E-state index contributed by atoms with van der Waals surface area (Å²) in [5, 5.41) is 2.60. The van der Waals surface area contributed by atoms with Gasteiger partial charge in [0.15, 0.2) is 0 Å². The molecular weight excluding hydrogens is 967 g/mol. The van der Waals surface area contributed by atoms with Gasteiger partial charge in [-0.1, -0.05) is 206 Å². The minimum Gasteiger partial charge on any atom is -0.457 e. The van der Waals surface area contributed by atoms with Crippen molar-refractivity contribution in [1.29, 1.82) is 0 Å². The molecule has 0 amide bonds. The molecule has 2 aliphatic heterocycles. The molecule has 3 heterocycles. The fourth-order valence-corrected chi connectivity index (χ4v) is 15.4. The first-order valence-corrected chi connectivity index (χ1v) is 27.6. The smallest absolute Gasteiger partial charge is 0.132 e. The Bertz CT molecular complexity index is 4570. The number of hydrogen-bond acceptors (Lipinski definition) is 4. The van der Waals surface area contributed by atoms with Crippen molar-refractivity contribution >= 4 is 48.6 Å². The second-order valence-electron chi connectivity index (χ2n) is 21.0. The summed E-state index contributed by atoms with van der Waals surface area (Å²) in [5.41, 5.74) is 21.3. The zero-order chi connectivity index (χ0) is 51.1. The van der Waals surface area contributed by atoms with Gasteiger partial charge < -0.3 is 14.4 Å². The Morgan fingerprint density at radius 3 is 1.45 bits per heavy atom. The third-order valence-corrected chi connectivity index (χ3v) is 18.4. The van der Waals surface area contributed by atoms with Crippen LogP contribution in [-0.4, -0.2) is 0 Å². The van der Waals surface area contributed by atoms with Crippen molar-refractivity contribution in [2.45, 2.75) is 10.8 Å². The quantitative estimate of drug-likeness (QED) is 0.171. The number of rotatable bonds is 5. The van der Waals surface area contributed by atoms with E-state index < -0.39 is 10.8 Å². The summed E-state index contributed by atoms with van der Waals surface area (Å²) >= 11 is 1.87. The fourth-order valence-electron chi connectivity index (χ4n) is 14.1. The molecular formula is C74H45NO2S. The summed E-state index contributed by atoms with van der Waals surface area (Å²) in [6.45, 7) is 0. The van der Waals surface area contributed by atoms with E-state index in [1.54, 1.807) is 0 Å². The normalized spacial score (nSPS) is 14.1. The topological polar surface area (TPSA) is 21.7 Å². The molecule has 364 valence electrons. The number of anilines is 3. The highest BCUT2D eigenvalue weighted by atomic mass is 32.1. The van der Waals surface area contributed by atoms with Crippen LogP contribution in [0.25, 0.3) is 64.7 Å². The molecule has 0 saturated carbocycles. The molecule has 4 aliphatic rings. The van der Waals surface area contributed by atoms with Crippen LogP contribution in [0.2, 0.25) is 0 Å². The second-order valence-corrected chi connectivity index (χ2v) is 22.0. The van der Waals surface area contributed by atoms with Gasteiger partial charge in [0, 0.05) is 59.4 Å². The van der Waals surface area contributed by atoms with Crippen molar-refractivity contribution in [3.05, 3.63) is 317 Å². The number of thiophene rings is 1. The van der Waals surface area contributed by atoms with Crippen molar-refractivity contribution in [3.8, 4) is 67.5 Å². The molecule has 12 aromatic carbocycles. The predicted octanol–water partition coefficient (Wildman–Crippen LogP) is 19.8. The summed E-state index contributed by atoms with van der Waals surface area (Å²) in [6.07, 6.45) is 0. The number of hydrogen-bond donors (Lipinski definition) is 0. The largest absolute Gasteiger partial charge is 0.457 e. The lowest BCUT2D eigenvalue weighted by Crippen LogP contribution is -2.32. The van der Waals surface area contributed by atoms with Crippen molar-refractivity contribution in [3.63, 3.8) is 0 Å². The van der Waals surface area contributed by atoms with Crippen LogP contribution in [-0.2, 0) is 10.8 Å². The maximum atomic E-state index is 6.76. The zero-order valence-electron chi connectivity index (χ0n) is 42.2. The van der Waals surface area contributed by atoms with Gasteiger partial charge in [0.1, 0.15) is 23.0 Å². The van der Waals surface area contributed by atoms with E-state index in [0.717, 1.165) is 73.4 Å². The summed E-state index contributed by atoms with van der Waals surface area (Å²) in [6, 6.07) is 100. The maximum Gasteiger partial charge on any atom is 0.132 e. The summed E-state index contributed by atoms with van der Waals surface area (Å²) in [7, 11) is 0. The molecule has 0 unspecified atom stereocenters. The lowest BCUT2D eigenvalue weighted by atomic mass is 9.66. The predicted molar refractivity (Wildman–Crippen MR) is 320 cm³/mol. The lowest BCUT2D eigenvalue weighted by molar-refractivity contribution is 0.436. The Morgan fingerprint density at radius 2 is 0.769 bits per heavy atom. The van der Waals surface area contributed by atoms with Crippen LogP contribution in [0.4, 0.5) is 17.1 Å². The molecule has 4 heteroatoms. The SMILES string of the molecule is c1cc(-c2ccc3c(c2)C2(c4ccccc4Oc4ccccc42)c2ccccc2-3)cc(N(c2ccc(-c3cccc4c3sc3ccccc34)cc2)c2cccc3c2-c2ccccc2C32c3ccccc3Oc3ccccc32)c1. The van der Waals surface area contributed by atoms with E-state index >= 15 is 0 Å². The Hall–Kier alpha value is -9.74. The third kappa shape index (κ3) is 5.82. The Balaban J connectivity index is 0.884. The fraction of sp³-hybridized carbons (Fsp3) is 0.0270. The van der Waals surface area contributed by atoms with Crippen LogP contribution < -0.4 is 14.4 Å². The first kappa shape index (κ1) is 43.5. The molecule has 1 aromatic heterocycles. The monoisotopic (exact) mass is 1010 g/mol. The van der Waals surface area contributed by atoms with Crippen LogP contribution in [0.5, 0.6) is 23.0 Å². The number of para-hydroxylation sites is 4. The van der Waals surface area contributed by atoms with E-state index in [9.17, 15) is 0 Å². The number of nitrogens with zero attached hydrogens (tertiary/aromatic N) is 1. The Kier molecular flexibility index (Phi) is 9.14. The molecule has 2 aliphatic carbocycles. The highest BCUT2D eigenvalue weighted by Gasteiger charge is 2.53. The van der Waals surface area contributed by atoms with Crippen LogP contribution in [0.15, 0.2) is 273 Å². The molecule has 0 saturated heterocycles. The number of fused-ring (bicyclic) bond motifs is 21. The van der Waals surface area contributed by atoms with E-state index in [1.165, 1.54) is 75.8 Å². The standard InChI is InChI=1S/C74H45NO2S/c1-4-25-57-52(20-1)53-43-40-48(45-64(53)74(57)61-29-8-12-35-68(61)77-69-36-13-9-30-62(69)74)47-18-15-19-50(44-47)75(49-41-38-46(39-42-49)51-23-16-24-55-54-21-3-14-37-70(54)78-72(51)55)65-32-17-31-63-71(65)56-22-2-5-26-58(56)73(63)59-27-6-10-33-66(59)76-67-34-11-7-28-60(67)73/h1-45H. The van der Waals surface area contributed by atoms with E-state index in [2.05, 4.69) is 278 Å². The van der Waals surface area contributed by atoms with Gasteiger partial charge in [0.05, 0.1) is 16.5 Å². The van der Waals surface area contributed by atoms with E-state index in [4.69, 9.17) is 9.47 Å². The lowest BCUT2D eigenvalue weighted by Gasteiger charge is -2.39. The van der Waals surface area contributed by atoms with Gasteiger partial charge in [-0.3, -0.25) is 0 Å². The van der Waals surface area contributed by atoms with Gasteiger partial charge >= 0.3 is 0 Å². The second kappa shape index (κ2) is 16.4. The van der Waals surface area contributed by atoms with E-state index in [1.807, 2.05) is 11.3 Å². The molecule has 0 fully saturated rings. The molecule has 0 atom stereocenters. The molecule has 17 rings (SSSR count). The molecule has 3 nitrogen and oxygen atoms in total. The first-order chi connectivity index (χ1) is 38.7. The van der Waals surface area contributed by atoms with Crippen molar-refractivity contribution in [2.24, 2.45) is 0 Å². The molecule has 78 heavy (non-hydrogen) atoms. The molecule has 0 radical (unpaired) electrons. The van der Waals surface area contributed by atoms with Crippen molar-refractivity contribution < 1.29 is 9.47 Å². The van der Waals surface area contributed by atoms with Crippen LogP contribution >= 0.6 is 11.3 Å². The highest BCUT2D eigenvalue weighted by molar-refractivity contribution is 7.26. The minimum atomic E-state index is -0.618. The average molecular weight is 1010 g/mol. The molecule has 0 N–H and O–H groups in total. The van der Waals surface area contributed by atoms with Gasteiger partial charge in [-0.05, 0) is 128 Å². The van der Waals surface area contributed by atoms with Gasteiger partial charge in [-0.15, -0.1) is 11.3 Å². The van der Waals surface area contributed by atoms with Gasteiger partial charge in [0.2, 0.25) is 0 Å². The molecule has 0 bridgehead atoms. The van der Waals surface area contributed by atoms with Crippen LogP contribution in [0.1, 0.15) is 44.5 Å². The number of benzene rings is 12. The highest BCUT2D eigenvalue weighted by Crippen LogP contribution is 2.65. The Morgan fingerprint density at radius 1 is 0.295 bits per heavy atom. The van der Waals surface area contributed by atoms with Crippen molar-refractivity contribution in [1.82, 2.24) is 0 Å². The average Bonchev–Trinajstić information content (AvgIpc) is 3.28. The minimum absolute atomic E-state index is 0.575. The number of ether oxygens (including phenoxy) is 2. The van der Waals surface area contributed by atoms with Gasteiger partial charge in [-0.25, -0.2) is 0 Å². The third-order valence-electron chi connectivity index (χ3n) is 17.2. The molecule has 13 aromatic rings.